The van der Waals surface area contributed by atoms with Crippen molar-refractivity contribution in [3.8, 4) is 0 Å². The quantitative estimate of drug-likeness (QED) is 0.148. The van der Waals surface area contributed by atoms with E-state index in [-0.39, 0.29) is 19.6 Å². The molecule has 0 N–H and O–H groups in total. The minimum Gasteiger partial charge on any atom is -0.465 e. The minimum atomic E-state index is -1.37. The van der Waals surface area contributed by atoms with Crippen LogP contribution in [0.5, 0.6) is 0 Å². The zero-order chi connectivity index (χ0) is 21.4. The summed E-state index contributed by atoms with van der Waals surface area (Å²) >= 11 is 0. The zero-order valence-electron chi connectivity index (χ0n) is 17.5. The number of esters is 2. The number of ether oxygens (including phenoxy) is 3. The second-order valence-electron chi connectivity index (χ2n) is 6.40. The first kappa shape index (κ1) is 24.4. The highest BCUT2D eigenvalue weighted by Crippen LogP contribution is 2.33. The minimum absolute atomic E-state index is 0.196. The summed E-state index contributed by atoms with van der Waals surface area (Å²) in [6, 6.07) is 9.86. The Morgan fingerprint density at radius 1 is 1.00 bits per heavy atom. The van der Waals surface area contributed by atoms with Crippen molar-refractivity contribution in [3.63, 3.8) is 0 Å². The average Bonchev–Trinajstić information content (AvgIpc) is 2.73. The number of carbonyl (C=O) groups excluding carboxylic acids is 2. The number of carbonyl (C=O) groups is 2. The lowest BCUT2D eigenvalue weighted by molar-refractivity contribution is -0.172. The van der Waals surface area contributed by atoms with Gasteiger partial charge in [-0.25, -0.2) is 0 Å². The first-order valence-corrected chi connectivity index (χ1v) is 9.99. The van der Waals surface area contributed by atoms with Crippen molar-refractivity contribution in [2.45, 2.75) is 39.7 Å². The molecule has 0 saturated carbocycles. The van der Waals surface area contributed by atoms with Crippen LogP contribution in [0.4, 0.5) is 0 Å². The summed E-state index contributed by atoms with van der Waals surface area (Å²) in [5.41, 5.74) is -0.282. The van der Waals surface area contributed by atoms with Crippen molar-refractivity contribution < 1.29 is 23.8 Å². The van der Waals surface area contributed by atoms with E-state index in [9.17, 15) is 9.59 Å². The van der Waals surface area contributed by atoms with E-state index >= 15 is 0 Å². The lowest BCUT2D eigenvalue weighted by Gasteiger charge is -2.27. The van der Waals surface area contributed by atoms with E-state index in [0.29, 0.717) is 26.1 Å². The van der Waals surface area contributed by atoms with Crippen LogP contribution in [0.1, 0.15) is 38.7 Å². The van der Waals surface area contributed by atoms with Gasteiger partial charge in [-0.15, -0.1) is 0 Å². The monoisotopic (exact) mass is 400 g/mol. The fraction of sp³-hybridized carbons (Fsp3) is 0.417. The second kappa shape index (κ2) is 14.4. The van der Waals surface area contributed by atoms with Gasteiger partial charge in [0, 0.05) is 0 Å². The van der Waals surface area contributed by atoms with Crippen LogP contribution in [0.3, 0.4) is 0 Å². The van der Waals surface area contributed by atoms with Gasteiger partial charge in [-0.1, -0.05) is 67.3 Å². The number of allylic oxidation sites excluding steroid dienone is 4. The number of hydrogen-bond acceptors (Lipinski definition) is 5. The Bertz CT molecular complexity index is 658. The summed E-state index contributed by atoms with van der Waals surface area (Å²) in [4.78, 5) is 25.4. The Kier molecular flexibility index (Phi) is 12.1. The smallest absolute Gasteiger partial charge is 0.323 e. The molecule has 0 aliphatic rings. The molecular formula is C24H32O5. The van der Waals surface area contributed by atoms with E-state index in [1.54, 1.807) is 32.1 Å². The van der Waals surface area contributed by atoms with Crippen LogP contribution in [0, 0.1) is 5.41 Å². The second-order valence-corrected chi connectivity index (χ2v) is 6.40. The third kappa shape index (κ3) is 8.48. The molecule has 0 spiro atoms. The van der Waals surface area contributed by atoms with Crippen molar-refractivity contribution >= 4 is 11.9 Å². The van der Waals surface area contributed by atoms with Crippen LogP contribution in [-0.2, 0) is 30.4 Å². The van der Waals surface area contributed by atoms with E-state index in [4.69, 9.17) is 14.2 Å². The lowest BCUT2D eigenvalue weighted by atomic mass is 9.79. The highest BCUT2D eigenvalue weighted by atomic mass is 16.6. The Morgan fingerprint density at radius 2 is 1.66 bits per heavy atom. The van der Waals surface area contributed by atoms with Crippen molar-refractivity contribution in [1.29, 1.82) is 0 Å². The normalized spacial score (nSPS) is 11.7. The predicted molar refractivity (Wildman–Crippen MR) is 114 cm³/mol. The van der Waals surface area contributed by atoms with Crippen LogP contribution in [0.25, 0.3) is 0 Å². The maximum Gasteiger partial charge on any atom is 0.323 e. The van der Waals surface area contributed by atoms with Crippen molar-refractivity contribution in [2.75, 3.05) is 19.8 Å². The fourth-order valence-corrected chi connectivity index (χ4v) is 2.79. The van der Waals surface area contributed by atoms with E-state index in [0.717, 1.165) is 5.56 Å². The summed E-state index contributed by atoms with van der Waals surface area (Å²) in [7, 11) is 0. The molecule has 29 heavy (non-hydrogen) atoms. The number of rotatable bonds is 14. The Balaban J connectivity index is 2.80. The zero-order valence-corrected chi connectivity index (χ0v) is 17.5. The summed E-state index contributed by atoms with van der Waals surface area (Å²) in [5.74, 6) is -1.11. The van der Waals surface area contributed by atoms with E-state index < -0.39 is 17.4 Å². The van der Waals surface area contributed by atoms with Crippen LogP contribution in [-0.4, -0.2) is 31.8 Å². The molecule has 0 saturated heterocycles. The maximum absolute atomic E-state index is 12.7. The number of benzene rings is 1. The van der Waals surface area contributed by atoms with Crippen LogP contribution in [0.15, 0.2) is 67.3 Å². The maximum atomic E-state index is 12.7. The summed E-state index contributed by atoms with van der Waals surface area (Å²) in [5, 5.41) is 0. The van der Waals surface area contributed by atoms with Crippen LogP contribution < -0.4 is 0 Å². The van der Waals surface area contributed by atoms with Crippen molar-refractivity contribution in [1.82, 2.24) is 0 Å². The van der Waals surface area contributed by atoms with Gasteiger partial charge in [0.25, 0.3) is 0 Å². The molecule has 0 aliphatic heterocycles. The SMILES string of the molecule is C=C/C=C/CCC(C/C=C\COCc1ccccc1)(C(=O)OCC)C(=O)OCC. The lowest BCUT2D eigenvalue weighted by Crippen LogP contribution is -2.42. The van der Waals surface area contributed by atoms with Gasteiger partial charge in [-0.2, -0.15) is 0 Å². The molecule has 0 bridgehead atoms. The molecule has 0 aromatic heterocycles. The molecule has 5 heteroatoms. The Morgan fingerprint density at radius 3 is 2.24 bits per heavy atom. The molecule has 0 amide bonds. The summed E-state index contributed by atoms with van der Waals surface area (Å²) in [6.07, 6.45) is 9.93. The molecule has 1 aromatic carbocycles. The summed E-state index contributed by atoms with van der Waals surface area (Å²) < 4.78 is 16.1. The standard InChI is InChI=1S/C24H32O5/c1-4-7-8-12-17-24(22(25)28-5-2,23(26)29-6-3)18-13-14-19-27-20-21-15-10-9-11-16-21/h4,7-11,13-16H,1,5-6,12,17-20H2,2-3H3/b8-7+,14-13-. The van der Waals surface area contributed by atoms with E-state index in [2.05, 4.69) is 6.58 Å². The van der Waals surface area contributed by atoms with Gasteiger partial charge in [0.05, 0.1) is 26.4 Å². The molecule has 1 aromatic rings. The molecule has 0 aliphatic carbocycles. The molecule has 0 unspecified atom stereocenters. The van der Waals surface area contributed by atoms with Crippen molar-refractivity contribution in [3.05, 3.63) is 72.9 Å². The van der Waals surface area contributed by atoms with E-state index in [1.165, 1.54) is 0 Å². The first-order valence-electron chi connectivity index (χ1n) is 9.99. The molecule has 0 heterocycles. The van der Waals surface area contributed by atoms with Gasteiger partial charge in [0.1, 0.15) is 0 Å². The molecule has 158 valence electrons. The summed E-state index contributed by atoms with van der Waals surface area (Å²) in [6.45, 7) is 8.35. The van der Waals surface area contributed by atoms with Gasteiger partial charge < -0.3 is 14.2 Å². The Labute approximate surface area is 174 Å². The Hall–Kier alpha value is -2.66. The van der Waals surface area contributed by atoms with Crippen LogP contribution in [0.2, 0.25) is 0 Å². The van der Waals surface area contributed by atoms with Gasteiger partial charge >= 0.3 is 11.9 Å². The third-order valence-corrected chi connectivity index (χ3v) is 4.30. The van der Waals surface area contributed by atoms with Crippen LogP contribution >= 0.6 is 0 Å². The van der Waals surface area contributed by atoms with Gasteiger partial charge in [-0.05, 0) is 38.7 Å². The molecule has 5 nitrogen and oxygen atoms in total. The largest absolute Gasteiger partial charge is 0.465 e. The molecular weight excluding hydrogens is 368 g/mol. The molecule has 0 radical (unpaired) electrons. The number of hydrogen-bond donors (Lipinski definition) is 0. The van der Waals surface area contributed by atoms with Gasteiger partial charge in [0.15, 0.2) is 5.41 Å². The van der Waals surface area contributed by atoms with Crippen molar-refractivity contribution in [2.24, 2.45) is 5.41 Å². The topological polar surface area (TPSA) is 61.8 Å². The first-order chi connectivity index (χ1) is 14.1. The van der Waals surface area contributed by atoms with E-state index in [1.807, 2.05) is 42.5 Å². The molecule has 0 fully saturated rings. The predicted octanol–water partition coefficient (Wildman–Crippen LogP) is 4.78. The highest BCUT2D eigenvalue weighted by molar-refractivity contribution is 6.00. The molecule has 1 rings (SSSR count). The molecule has 0 atom stereocenters. The van der Waals surface area contributed by atoms with Gasteiger partial charge in [0.2, 0.25) is 0 Å². The third-order valence-electron chi connectivity index (χ3n) is 4.30. The van der Waals surface area contributed by atoms with Gasteiger partial charge in [-0.3, -0.25) is 9.59 Å². The average molecular weight is 401 g/mol. The fourth-order valence-electron chi connectivity index (χ4n) is 2.79. The highest BCUT2D eigenvalue weighted by Gasteiger charge is 2.47.